The lowest BCUT2D eigenvalue weighted by Gasteiger charge is -2.11. The Hall–Kier alpha value is -1.72. The first kappa shape index (κ1) is 13.3. The zero-order chi connectivity index (χ0) is 11.7. The van der Waals surface area contributed by atoms with Gasteiger partial charge in [0.15, 0.2) is 0 Å². The van der Waals surface area contributed by atoms with Crippen molar-refractivity contribution in [2.24, 2.45) is 0 Å². The van der Waals surface area contributed by atoms with Crippen LogP contribution in [0.3, 0.4) is 0 Å². The number of esters is 1. The molecule has 0 saturated carbocycles. The third-order valence-electron chi connectivity index (χ3n) is 1.25. The van der Waals surface area contributed by atoms with E-state index >= 15 is 0 Å². The van der Waals surface area contributed by atoms with Gasteiger partial charge in [0.05, 0.1) is 12.6 Å². The molecule has 0 aromatic heterocycles. The summed E-state index contributed by atoms with van der Waals surface area (Å²) < 4.78 is 9.06. The van der Waals surface area contributed by atoms with Crippen LogP contribution in [0.25, 0.3) is 0 Å². The number of nitrogens with one attached hydrogen (secondary N) is 1. The summed E-state index contributed by atoms with van der Waals surface area (Å²) in [6, 6.07) is 0. The van der Waals surface area contributed by atoms with E-state index in [1.807, 2.05) is 0 Å². The van der Waals surface area contributed by atoms with Crippen molar-refractivity contribution in [2.45, 2.75) is 13.8 Å². The Balaban J connectivity index is 3.84. The van der Waals surface area contributed by atoms with Gasteiger partial charge < -0.3 is 19.9 Å². The number of rotatable bonds is 6. The Bertz CT molecular complexity index is 249. The van der Waals surface area contributed by atoms with E-state index in [-0.39, 0.29) is 19.8 Å². The highest BCUT2D eigenvalue weighted by atomic mass is 16.6. The molecule has 0 aliphatic carbocycles. The van der Waals surface area contributed by atoms with Gasteiger partial charge in [-0.25, -0.2) is 0 Å². The van der Waals surface area contributed by atoms with E-state index in [4.69, 9.17) is 0 Å². The van der Waals surface area contributed by atoms with Crippen molar-refractivity contribution in [1.29, 1.82) is 0 Å². The van der Waals surface area contributed by atoms with Gasteiger partial charge in [0.2, 0.25) is 5.91 Å². The number of hydrogen-bond acceptors (Lipinski definition) is 5. The van der Waals surface area contributed by atoms with E-state index in [1.54, 1.807) is 13.8 Å². The second kappa shape index (κ2) is 7.66. The van der Waals surface area contributed by atoms with Crippen LogP contribution in [0.15, 0.2) is 12.0 Å². The second-order valence-corrected chi connectivity index (χ2v) is 2.42. The Morgan fingerprint density at radius 3 is 2.40 bits per heavy atom. The first-order valence-electron chi connectivity index (χ1n) is 4.55. The van der Waals surface area contributed by atoms with Gasteiger partial charge in [-0.05, 0) is 13.5 Å². The average molecular weight is 216 g/mol. The molecule has 0 rings (SSSR count). The summed E-state index contributed by atoms with van der Waals surface area (Å²) in [4.78, 5) is 21.8. The highest BCUT2D eigenvalue weighted by molar-refractivity contribution is 5.90. The van der Waals surface area contributed by atoms with Crippen LogP contribution in [0.5, 0.6) is 0 Å². The highest BCUT2D eigenvalue weighted by Crippen LogP contribution is 1.86. The molecule has 0 aliphatic rings. The molecule has 15 heavy (non-hydrogen) atoms. The lowest BCUT2D eigenvalue weighted by molar-refractivity contribution is -0.356. The SMILES string of the molecule is CCOC(=O)CNC(=O)/C=C(\[O-])OCC. The van der Waals surface area contributed by atoms with Crippen molar-refractivity contribution in [3.63, 3.8) is 0 Å². The highest BCUT2D eigenvalue weighted by Gasteiger charge is 2.02. The number of carbonyl (C=O) groups excluding carboxylic acids is 2. The summed E-state index contributed by atoms with van der Waals surface area (Å²) in [6.45, 7) is 3.46. The minimum absolute atomic E-state index is 0.195. The van der Waals surface area contributed by atoms with Crippen LogP contribution >= 0.6 is 0 Å². The van der Waals surface area contributed by atoms with Crippen LogP contribution < -0.4 is 10.4 Å². The topological polar surface area (TPSA) is 87.7 Å². The van der Waals surface area contributed by atoms with Gasteiger partial charge in [-0.1, -0.05) is 6.92 Å². The van der Waals surface area contributed by atoms with Crippen molar-refractivity contribution in [1.82, 2.24) is 5.32 Å². The summed E-state index contributed by atoms with van der Waals surface area (Å²) in [6.07, 6.45) is 0.739. The molecule has 0 fully saturated rings. The van der Waals surface area contributed by atoms with E-state index in [1.165, 1.54) is 0 Å². The molecule has 0 saturated heterocycles. The molecule has 0 aromatic rings. The number of carbonyl (C=O) groups is 2. The van der Waals surface area contributed by atoms with Crippen molar-refractivity contribution in [2.75, 3.05) is 19.8 Å². The number of ether oxygens (including phenoxy) is 2. The molecule has 1 amide bonds. The maximum atomic E-state index is 11.0. The first-order valence-corrected chi connectivity index (χ1v) is 4.55. The Morgan fingerprint density at radius 2 is 1.87 bits per heavy atom. The summed E-state index contributed by atoms with van der Waals surface area (Å²) >= 11 is 0. The minimum atomic E-state index is -0.737. The normalized spacial score (nSPS) is 10.7. The molecule has 86 valence electrons. The van der Waals surface area contributed by atoms with Crippen LogP contribution in [0.2, 0.25) is 0 Å². The summed E-state index contributed by atoms with van der Waals surface area (Å²) in [5, 5.41) is 13.0. The lowest BCUT2D eigenvalue weighted by atomic mass is 10.5. The molecule has 0 aliphatic heterocycles. The Kier molecular flexibility index (Phi) is 6.78. The molecule has 1 N–H and O–H groups in total. The van der Waals surface area contributed by atoms with Crippen LogP contribution in [-0.4, -0.2) is 31.6 Å². The van der Waals surface area contributed by atoms with Crippen molar-refractivity contribution in [3.05, 3.63) is 12.0 Å². The zero-order valence-corrected chi connectivity index (χ0v) is 8.74. The molecule has 6 nitrogen and oxygen atoms in total. The molecule has 0 unspecified atom stereocenters. The number of amides is 1. The predicted octanol–water partition coefficient (Wildman–Crippen LogP) is -1.10. The smallest absolute Gasteiger partial charge is 0.325 e. The second-order valence-electron chi connectivity index (χ2n) is 2.42. The van der Waals surface area contributed by atoms with Gasteiger partial charge in [-0.15, -0.1) is 0 Å². The van der Waals surface area contributed by atoms with E-state index in [2.05, 4.69) is 14.8 Å². The van der Waals surface area contributed by atoms with Crippen molar-refractivity contribution < 1.29 is 24.2 Å². The molecule has 6 heteroatoms. The van der Waals surface area contributed by atoms with Crippen LogP contribution in [0.4, 0.5) is 0 Å². The predicted molar refractivity (Wildman–Crippen MR) is 49.4 cm³/mol. The van der Waals surface area contributed by atoms with Crippen molar-refractivity contribution in [3.8, 4) is 0 Å². The van der Waals surface area contributed by atoms with Crippen LogP contribution in [0, 0.1) is 0 Å². The average Bonchev–Trinajstić information content (AvgIpc) is 2.15. The fraction of sp³-hybridized carbons (Fsp3) is 0.556. The molecule has 0 heterocycles. The molecule has 0 aromatic carbocycles. The maximum absolute atomic E-state index is 11.0. The van der Waals surface area contributed by atoms with Crippen LogP contribution in [0.1, 0.15) is 13.8 Å². The van der Waals surface area contributed by atoms with E-state index in [9.17, 15) is 14.7 Å². The van der Waals surface area contributed by atoms with E-state index in [0.717, 1.165) is 6.08 Å². The Labute approximate surface area is 87.9 Å². The fourth-order valence-corrected chi connectivity index (χ4v) is 0.713. The quantitative estimate of drug-likeness (QED) is 0.346. The Morgan fingerprint density at radius 1 is 1.27 bits per heavy atom. The standard InChI is InChI=1S/C9H15NO5/c1-3-14-8(12)5-7(11)10-6-9(13)15-4-2/h5,12H,3-4,6H2,1-2H3,(H,10,11)/p-1/b8-5+. The van der Waals surface area contributed by atoms with E-state index in [0.29, 0.717) is 0 Å². The summed E-state index contributed by atoms with van der Waals surface area (Å²) in [5.41, 5.74) is 0. The summed E-state index contributed by atoms with van der Waals surface area (Å²) in [7, 11) is 0. The molecule has 0 radical (unpaired) electrons. The third-order valence-corrected chi connectivity index (χ3v) is 1.25. The third kappa shape index (κ3) is 7.36. The molecule has 0 spiro atoms. The zero-order valence-electron chi connectivity index (χ0n) is 8.74. The van der Waals surface area contributed by atoms with Gasteiger partial charge >= 0.3 is 5.97 Å². The van der Waals surface area contributed by atoms with Gasteiger partial charge in [0.25, 0.3) is 0 Å². The van der Waals surface area contributed by atoms with Crippen LogP contribution in [-0.2, 0) is 19.1 Å². The first-order chi connectivity index (χ1) is 7.10. The molecule has 0 atom stereocenters. The van der Waals surface area contributed by atoms with Gasteiger partial charge in [0, 0.05) is 6.08 Å². The maximum Gasteiger partial charge on any atom is 0.325 e. The van der Waals surface area contributed by atoms with E-state index < -0.39 is 17.8 Å². The van der Waals surface area contributed by atoms with Gasteiger partial charge in [-0.2, -0.15) is 0 Å². The number of hydrogen-bond donors (Lipinski definition) is 1. The monoisotopic (exact) mass is 216 g/mol. The molecule has 0 bridgehead atoms. The largest absolute Gasteiger partial charge is 0.613 e. The summed E-state index contributed by atoms with van der Waals surface area (Å²) in [5.74, 6) is -1.97. The molecular weight excluding hydrogens is 202 g/mol. The minimum Gasteiger partial charge on any atom is -0.613 e. The molecular formula is C9H14NO5-. The lowest BCUT2D eigenvalue weighted by Crippen LogP contribution is -2.30. The van der Waals surface area contributed by atoms with Gasteiger partial charge in [-0.3, -0.25) is 9.59 Å². The van der Waals surface area contributed by atoms with Crippen molar-refractivity contribution >= 4 is 11.9 Å². The fourth-order valence-electron chi connectivity index (χ4n) is 0.713. The van der Waals surface area contributed by atoms with Gasteiger partial charge in [0.1, 0.15) is 6.54 Å².